The molecule has 24 N–H and O–H groups in total. The Kier molecular flexibility index (Phi) is 44.4. The number of fused-ring (bicyclic) bond motifs is 14. The van der Waals surface area contributed by atoms with Gasteiger partial charge in [0.05, 0.1) is 89.0 Å². The monoisotopic (exact) mass is 2310 g/mol. The molecule has 14 rings (SSSR count). The van der Waals surface area contributed by atoms with E-state index in [2.05, 4.69) is 82.7 Å². The minimum atomic E-state index is -4.84. The van der Waals surface area contributed by atoms with Crippen molar-refractivity contribution in [2.24, 2.45) is 22.9 Å². The molecule has 15 atom stereocenters. The van der Waals surface area contributed by atoms with E-state index in [0.717, 1.165) is 21.1 Å². The number of amides is 24. The van der Waals surface area contributed by atoms with Crippen LogP contribution in [0.15, 0.2) is 0 Å². The number of rotatable bonds is 41. The number of hydrogen-bond donors (Lipinski definition) is 20. The molecule has 0 aromatic rings. The molecule has 14 fully saturated rings. The fourth-order valence-electron chi connectivity index (χ4n) is 16.6. The van der Waals surface area contributed by atoms with Crippen molar-refractivity contribution in [3.63, 3.8) is 0 Å². The number of nitrogens with two attached hydrogens (primary N) is 4. The molecule has 78 nitrogen and oxygen atoms in total. The highest BCUT2D eigenvalue weighted by atomic mass is 32.3. The first-order valence-corrected chi connectivity index (χ1v) is 53.5. The highest BCUT2D eigenvalue weighted by Crippen LogP contribution is 2.38. The van der Waals surface area contributed by atoms with E-state index in [1.54, 1.807) is 6.92 Å². The van der Waals surface area contributed by atoms with Crippen LogP contribution in [-0.4, -0.2) is 464 Å². The average Bonchev–Trinajstić information content (AvgIpc) is 1.66. The Bertz CT molecular complexity index is 5520. The summed E-state index contributed by atoms with van der Waals surface area (Å²) in [5.41, 5.74) is 35.4. The van der Waals surface area contributed by atoms with Crippen LogP contribution in [0.2, 0.25) is 0 Å². The molecule has 854 valence electrons. The van der Waals surface area contributed by atoms with E-state index >= 15 is 0 Å². The van der Waals surface area contributed by atoms with Crippen molar-refractivity contribution in [3.05, 3.63) is 0 Å². The number of aliphatic hydroxyl groups is 1. The van der Waals surface area contributed by atoms with Crippen molar-refractivity contribution in [2.45, 2.75) is 201 Å². The zero-order valence-electron chi connectivity index (χ0n) is 78.5. The molecule has 24 amide bonds. The molecule has 150 heavy (non-hydrogen) atoms. The maximum atomic E-state index is 12.1. The van der Waals surface area contributed by atoms with Gasteiger partial charge in [-0.15, -0.1) is 30.0 Å². The number of urea groups is 8. The summed E-state index contributed by atoms with van der Waals surface area (Å²) in [6.07, 6.45) is 5.21. The van der Waals surface area contributed by atoms with Gasteiger partial charge in [0, 0.05) is 64.9 Å². The lowest BCUT2D eigenvalue weighted by Gasteiger charge is -2.28. The molecule has 0 aromatic heterocycles. The van der Waals surface area contributed by atoms with E-state index in [1.165, 1.54) is 26.7 Å². The number of hydrogen-bond acceptors (Lipinski definition) is 47. The van der Waals surface area contributed by atoms with Crippen molar-refractivity contribution >= 4 is 168 Å². The molecule has 14 bridgehead atoms. The highest BCUT2D eigenvalue weighted by Gasteiger charge is 2.57. The van der Waals surface area contributed by atoms with Crippen LogP contribution in [-0.2, 0) is 175 Å². The SMILES string of the molecule is CC(N)CONC(=O)[C@@H]1CC[C@@H]2CN1C(=O)N2OS(=O)(=O)O.CCCONC(=O)[C@@H]1CC[C@@H]2CN1C(=O)N2OS(=O)(=O)O.CONC(=O)[C@@H]1CC[C@@H]2CN1C(=O)N2OS(=O)(=O)O.NC(=O)CONC(=O)[C@@H]1CC[C@@H]2CN1C(=O)N2OS(=O)(=O)O.NC(=O)NCCONC(=O)[C@@H]1CC[C@@H]2CN1C(=O)N2OS(=O)(=O)O.NCCONC(=O)[C@@H]1CC[C@@H]2CN1C(=O)N2OS(=O)(=O)O.O=C(NOCCO)[C@@H]1CC[C@@H]2CN1C(=O)N2OS(=O)(=O)O. The highest BCUT2D eigenvalue weighted by molar-refractivity contribution is 7.82. The zero-order valence-corrected chi connectivity index (χ0v) is 84.3. The van der Waals surface area contributed by atoms with Crippen LogP contribution in [0.25, 0.3) is 0 Å². The molecule has 1 unspecified atom stereocenters. The normalized spacial score (nSPS) is 25.2. The first kappa shape index (κ1) is 124. The van der Waals surface area contributed by atoms with Gasteiger partial charge < -0.3 is 67.7 Å². The van der Waals surface area contributed by atoms with Crippen LogP contribution in [0.5, 0.6) is 0 Å². The van der Waals surface area contributed by atoms with Crippen molar-refractivity contribution in [1.29, 1.82) is 0 Å². The van der Waals surface area contributed by atoms with E-state index in [-0.39, 0.29) is 124 Å². The second kappa shape index (κ2) is 53.7. The zero-order chi connectivity index (χ0) is 112. The lowest BCUT2D eigenvalue weighted by Crippen LogP contribution is -2.50. The van der Waals surface area contributed by atoms with E-state index < -0.39 is 259 Å². The van der Waals surface area contributed by atoms with Crippen LogP contribution in [0, 0.1) is 0 Å². The summed E-state index contributed by atoms with van der Waals surface area (Å²) >= 11 is 0. The standard InChI is InChI=1S/C10H17N5O8S.C10H18N4O7S.C10H17N3O7S.C9H14N4O8S.C9H16N4O7S.C9H15N3O8S.C8H13N3O7S/c11-9(17)12-3-4-22-13-8(16)7-2-1-6-5-14(7)10(18)15(6)23-24(19,20)21;1-6(11)5-20-12-9(15)8-3-2-7-4-13(8)10(16)14(7)21-22(17,18)19;1-2-5-19-11-9(14)8-4-3-7-6-12(8)10(15)13(7)20-21(16,17)18;10-7(14)4-20-11-8(15)6-2-1-5-3-12(6)9(16)13(5)21-22(17,18)19;10-3-4-19-11-8(14)7-2-1-6-5-12(7)9(15)13(6)20-21(16,17)18;13-3-4-19-10-8(14)7-2-1-6-5-11(7)9(15)12(6)20-21(16,17)18;1-17-9-7(12)6-3-2-5-4-10(6)8(13)11(5)18-19(14,15)16/h6-7H,1-5H2,(H,13,16)(H3,11,12,17)(H,19,20,21);6-8H,2-5,11H2,1H3,(H,12,15)(H,17,18,19);7-8H,2-6H2,1H3,(H,11,14)(H,16,17,18);5-6H,1-4H2,(H2,10,14)(H,11,15)(H,17,18,19);6-7H,1-5,10H2,(H,11,14)(H,16,17,18);6-7,13H,1-5H2,(H,10,14)(H,16,17,18);5-6H,2-4H2,1H3,(H,9,12)(H,14,15,16)/t6-,7+;6?,7-,8+;7-,8+;5-,6+;2*6-,7+;5-,6+/m1111111/s1. The van der Waals surface area contributed by atoms with Gasteiger partial charge >= 0.3 is 121 Å². The molecule has 0 radical (unpaired) electrons. The Balaban J connectivity index is 0.000000213. The topological polar surface area (TPSA) is 1050 Å². The van der Waals surface area contributed by atoms with Gasteiger partial charge in [0.2, 0.25) is 5.91 Å². The Morgan fingerprint density at radius 1 is 0.327 bits per heavy atom. The maximum absolute atomic E-state index is 12.1. The molecular weight excluding hydrogens is 2200 g/mol. The lowest BCUT2D eigenvalue weighted by molar-refractivity contribution is -0.142. The predicted octanol–water partition coefficient (Wildman–Crippen LogP) is -12.2. The Morgan fingerprint density at radius 3 is 0.727 bits per heavy atom. The minimum absolute atomic E-state index is 0.0318. The van der Waals surface area contributed by atoms with Crippen LogP contribution < -0.4 is 66.6 Å². The number of nitrogens with one attached hydrogen (secondary N) is 8. The number of carbonyl (C=O) groups is 16. The van der Waals surface area contributed by atoms with Crippen molar-refractivity contribution in [2.75, 3.05) is 112 Å². The number of carbonyl (C=O) groups excluding carboxylic acids is 16. The van der Waals surface area contributed by atoms with E-state index in [9.17, 15) is 136 Å². The Morgan fingerprint density at radius 2 is 0.533 bits per heavy atom. The van der Waals surface area contributed by atoms with Gasteiger partial charge in [0.25, 0.3) is 41.4 Å². The third-order valence-electron chi connectivity index (χ3n) is 22.6. The quantitative estimate of drug-likeness (QED) is 0.0154. The van der Waals surface area contributed by atoms with Gasteiger partial charge in [-0.05, 0) is 103 Å². The van der Waals surface area contributed by atoms with Gasteiger partial charge in [-0.2, -0.15) is 94.4 Å². The van der Waals surface area contributed by atoms with E-state index in [4.69, 9.17) is 79.3 Å². The second-order valence-electron chi connectivity index (χ2n) is 33.3. The second-order valence-corrected chi connectivity index (χ2v) is 40.3. The number of aliphatic hydroxyl groups excluding tert-OH is 1. The van der Waals surface area contributed by atoms with Gasteiger partial charge in [-0.25, -0.2) is 76.7 Å². The molecule has 14 saturated heterocycles. The van der Waals surface area contributed by atoms with Crippen molar-refractivity contribution in [3.8, 4) is 0 Å². The molecule has 0 aliphatic carbocycles. The van der Waals surface area contributed by atoms with Crippen molar-refractivity contribution < 1.29 is 236 Å². The first-order chi connectivity index (χ1) is 69.9. The summed E-state index contributed by atoms with van der Waals surface area (Å²) in [5.74, 6) is -4.66. The van der Waals surface area contributed by atoms with Crippen LogP contribution in [0.1, 0.15) is 110 Å². The molecule has 14 heterocycles. The summed E-state index contributed by atoms with van der Waals surface area (Å²) < 4.78 is 240. The molecular formula is C65H110N26O52S7. The molecule has 0 aromatic carbocycles. The molecule has 14 aliphatic rings. The first-order valence-electron chi connectivity index (χ1n) is 44.0. The van der Waals surface area contributed by atoms with Gasteiger partial charge in [0.1, 0.15) is 42.3 Å². The minimum Gasteiger partial charge on any atom is -0.394 e. The van der Waals surface area contributed by atoms with Gasteiger partial charge in [-0.1, -0.05) is 6.92 Å². The maximum Gasteiger partial charge on any atom is 0.418 e. The fraction of sp³-hybridized carbons (Fsp3) is 0.754. The summed E-state index contributed by atoms with van der Waals surface area (Å²) in [7, 11) is -32.4. The summed E-state index contributed by atoms with van der Waals surface area (Å²) in [4.78, 5) is 230. The molecule has 14 aliphatic heterocycles. The van der Waals surface area contributed by atoms with Gasteiger partial charge in [0.15, 0.2) is 6.61 Å². The van der Waals surface area contributed by atoms with Crippen LogP contribution in [0.4, 0.5) is 38.4 Å². The van der Waals surface area contributed by atoms with Crippen LogP contribution >= 0.6 is 0 Å². The fourth-order valence-corrected chi connectivity index (χ4v) is 19.4. The van der Waals surface area contributed by atoms with E-state index in [1.807, 2.05) is 12.4 Å². The summed E-state index contributed by atoms with van der Waals surface area (Å²) in [6, 6.07) is -16.2. The lowest BCUT2D eigenvalue weighted by atomic mass is 10.0. The number of primary amides is 2. The van der Waals surface area contributed by atoms with Crippen LogP contribution in [0.3, 0.4) is 0 Å². The number of nitrogens with zero attached hydrogens (tertiary/aromatic N) is 14. The third kappa shape index (κ3) is 35.9. The summed E-state index contributed by atoms with van der Waals surface area (Å²) in [5, 5.41) is 14.7. The van der Waals surface area contributed by atoms with Gasteiger partial charge in [-0.3, -0.25) is 104 Å². The molecule has 85 heteroatoms. The number of piperidine rings is 7. The third-order valence-corrected chi connectivity index (χ3v) is 25.1. The van der Waals surface area contributed by atoms with Crippen molar-refractivity contribution in [1.82, 2.24) is 113 Å². The Labute approximate surface area is 850 Å². The van der Waals surface area contributed by atoms with E-state index in [0.29, 0.717) is 106 Å². The predicted molar refractivity (Wildman–Crippen MR) is 470 cm³/mol. The summed E-state index contributed by atoms with van der Waals surface area (Å²) in [6.45, 7) is 4.38. The molecule has 0 saturated carbocycles. The number of hydroxylamine groups is 21. The smallest absolute Gasteiger partial charge is 0.394 e. The molecule has 0 spiro atoms. The average molecular weight is 2310 g/mol. The largest absolute Gasteiger partial charge is 0.418 e. The Hall–Kier alpha value is -11.4.